The first-order valence-corrected chi connectivity index (χ1v) is 19.1. The second-order valence-corrected chi connectivity index (χ2v) is 15.6. The normalized spacial score (nSPS) is 18.6. The fraction of sp³-hybridized carbons (Fsp3) is 0.457. The van der Waals surface area contributed by atoms with Gasteiger partial charge in [-0.15, -0.1) is 0 Å². The van der Waals surface area contributed by atoms with Crippen LogP contribution in [0.1, 0.15) is 49.1 Å². The van der Waals surface area contributed by atoms with Crippen molar-refractivity contribution in [3.8, 4) is 5.75 Å². The second kappa shape index (κ2) is 15.1. The summed E-state index contributed by atoms with van der Waals surface area (Å²) in [5, 5.41) is 10.7. The van der Waals surface area contributed by atoms with Gasteiger partial charge in [-0.3, -0.25) is 24.6 Å². The van der Waals surface area contributed by atoms with Crippen LogP contribution in [0.25, 0.3) is 10.9 Å². The number of urea groups is 1. The maximum atomic E-state index is 14.8. The van der Waals surface area contributed by atoms with Crippen LogP contribution in [0.2, 0.25) is 0 Å². The molecule has 54 heavy (non-hydrogen) atoms. The van der Waals surface area contributed by atoms with E-state index in [0.29, 0.717) is 43.5 Å². The van der Waals surface area contributed by atoms with Gasteiger partial charge >= 0.3 is 12.2 Å². The molecule has 3 saturated heterocycles. The largest absolute Gasteiger partial charge is 0.489 e. The molecular formula is C35H39F4N9O5S. The number of piperidine rings is 2. The Morgan fingerprint density at radius 1 is 0.963 bits per heavy atom. The lowest BCUT2D eigenvalue weighted by molar-refractivity contribution is -0.138. The number of benzene rings is 2. The van der Waals surface area contributed by atoms with E-state index in [1.807, 2.05) is 13.1 Å². The molecule has 4 aromatic rings. The van der Waals surface area contributed by atoms with Crippen LogP contribution >= 0.6 is 0 Å². The smallest absolute Gasteiger partial charge is 0.419 e. The summed E-state index contributed by atoms with van der Waals surface area (Å²) in [4.78, 5) is 35.1. The average Bonchev–Trinajstić information content (AvgIpc) is 3.47. The topological polar surface area (TPSA) is 155 Å². The van der Waals surface area contributed by atoms with Crippen LogP contribution in [0.15, 0.2) is 53.7 Å². The number of hydrogen-bond donors (Lipinski definition) is 2. The summed E-state index contributed by atoms with van der Waals surface area (Å²) in [7, 11) is -2.14. The summed E-state index contributed by atoms with van der Waals surface area (Å²) in [5.41, 5.74) is 1.10. The van der Waals surface area contributed by atoms with Crippen LogP contribution in [0.4, 0.5) is 34.1 Å². The third-order valence-electron chi connectivity index (χ3n) is 10.2. The van der Waals surface area contributed by atoms with Crippen LogP contribution < -0.4 is 20.3 Å². The van der Waals surface area contributed by atoms with E-state index in [-0.39, 0.29) is 61.2 Å². The van der Waals surface area contributed by atoms with Gasteiger partial charge in [-0.2, -0.15) is 22.6 Å². The molecule has 2 N–H and O–H groups in total. The number of aryl methyl sites for hydroxylation is 1. The minimum absolute atomic E-state index is 0.0266. The number of hydrogen-bond acceptors (Lipinski definition) is 10. The lowest BCUT2D eigenvalue weighted by Crippen LogP contribution is -2.49. The fourth-order valence-corrected chi connectivity index (χ4v) is 8.61. The SMILES string of the molecule is Cn1nc(N2CCC(=O)NC2=O)c2ccc(C3CCN(CCOc4cc(S(=O)(=O)N5CCC(Nc6ncc(C(F)(F)F)cn6)CC5)ccc4F)CC3)cc21. The van der Waals surface area contributed by atoms with Crippen molar-refractivity contribution in [2.24, 2.45) is 7.05 Å². The summed E-state index contributed by atoms with van der Waals surface area (Å²) in [6.07, 6.45) is -0.432. The summed E-state index contributed by atoms with van der Waals surface area (Å²) < 4.78 is 88.9. The molecule has 0 bridgehead atoms. The minimum atomic E-state index is -4.55. The Hall–Kier alpha value is -4.88. The number of rotatable bonds is 10. The summed E-state index contributed by atoms with van der Waals surface area (Å²) >= 11 is 0. The molecule has 0 saturated carbocycles. The molecule has 3 aliphatic heterocycles. The highest BCUT2D eigenvalue weighted by molar-refractivity contribution is 7.89. The standard InChI is InChI=1S/C35H39F4N9O5S/c1-45-29-18-23(2-4-27(29)32(44-45)48-15-10-31(49)43-34(48)50)22-6-11-46(12-7-22)16-17-53-30-19-26(3-5-28(30)36)54(51,52)47-13-8-25(9-14-47)42-33-40-20-24(21-41-33)35(37,38)39/h2-5,18-22,25H,6-17H2,1H3,(H,40,41,42)(H,43,49,50). The fourth-order valence-electron chi connectivity index (χ4n) is 7.13. The zero-order valence-corrected chi connectivity index (χ0v) is 30.2. The van der Waals surface area contributed by atoms with Crippen molar-refractivity contribution in [1.29, 1.82) is 0 Å². The zero-order valence-electron chi connectivity index (χ0n) is 29.4. The van der Waals surface area contributed by atoms with Gasteiger partial charge in [0.25, 0.3) is 0 Å². The van der Waals surface area contributed by atoms with E-state index in [2.05, 4.69) is 42.7 Å². The number of amides is 3. The Kier molecular flexibility index (Phi) is 10.5. The molecule has 3 amide bonds. The zero-order chi connectivity index (χ0) is 38.2. The van der Waals surface area contributed by atoms with Gasteiger partial charge in [-0.25, -0.2) is 27.6 Å². The van der Waals surface area contributed by atoms with E-state index in [9.17, 15) is 35.6 Å². The van der Waals surface area contributed by atoms with E-state index in [1.165, 1.54) is 26.9 Å². The number of halogens is 4. The van der Waals surface area contributed by atoms with Crippen LogP contribution in [-0.4, -0.2) is 101 Å². The van der Waals surface area contributed by atoms with Crippen LogP contribution in [0.5, 0.6) is 5.75 Å². The summed E-state index contributed by atoms with van der Waals surface area (Å²) in [6.45, 7) is 2.81. The first-order chi connectivity index (χ1) is 25.8. The number of imide groups is 1. The lowest BCUT2D eigenvalue weighted by Gasteiger charge is -2.32. The first kappa shape index (κ1) is 37.4. The van der Waals surface area contributed by atoms with Crippen molar-refractivity contribution in [3.63, 3.8) is 0 Å². The number of ether oxygens (including phenoxy) is 1. The van der Waals surface area contributed by atoms with Gasteiger partial charge in [0.05, 0.1) is 16.0 Å². The first-order valence-electron chi connectivity index (χ1n) is 17.6. The monoisotopic (exact) mass is 773 g/mol. The Morgan fingerprint density at radius 3 is 2.37 bits per heavy atom. The number of carbonyl (C=O) groups excluding carboxylic acids is 2. The van der Waals surface area contributed by atoms with Gasteiger partial charge in [-0.05, 0) is 74.5 Å². The van der Waals surface area contributed by atoms with Gasteiger partial charge in [0.15, 0.2) is 17.4 Å². The number of aromatic nitrogens is 4. The van der Waals surface area contributed by atoms with Crippen molar-refractivity contribution >= 4 is 44.6 Å². The van der Waals surface area contributed by atoms with Crippen molar-refractivity contribution in [2.45, 2.75) is 55.1 Å². The number of sulfonamides is 1. The maximum Gasteiger partial charge on any atom is 0.419 e. The Morgan fingerprint density at radius 2 is 1.69 bits per heavy atom. The van der Waals surface area contributed by atoms with Crippen LogP contribution in [0.3, 0.4) is 0 Å². The highest BCUT2D eigenvalue weighted by Crippen LogP contribution is 2.34. The number of nitrogens with one attached hydrogen (secondary N) is 2. The molecule has 0 aliphatic carbocycles. The number of anilines is 2. The maximum absolute atomic E-state index is 14.8. The molecule has 0 atom stereocenters. The minimum Gasteiger partial charge on any atom is -0.489 e. The third kappa shape index (κ3) is 7.97. The van der Waals surface area contributed by atoms with Crippen LogP contribution in [-0.2, 0) is 28.0 Å². The van der Waals surface area contributed by atoms with E-state index < -0.39 is 33.6 Å². The molecule has 5 heterocycles. The molecule has 3 aliphatic rings. The number of carbonyl (C=O) groups is 2. The average molecular weight is 774 g/mol. The quantitative estimate of drug-likeness (QED) is 0.221. The van der Waals surface area contributed by atoms with Crippen LogP contribution in [0, 0.1) is 5.82 Å². The predicted molar refractivity (Wildman–Crippen MR) is 189 cm³/mol. The molecule has 0 radical (unpaired) electrons. The van der Waals surface area contributed by atoms with Gasteiger partial charge < -0.3 is 10.1 Å². The van der Waals surface area contributed by atoms with E-state index in [4.69, 9.17) is 4.74 Å². The Balaban J connectivity index is 0.891. The highest BCUT2D eigenvalue weighted by atomic mass is 32.2. The number of nitrogens with zero attached hydrogens (tertiary/aromatic N) is 7. The molecule has 0 unspecified atom stereocenters. The van der Waals surface area contributed by atoms with Crippen molar-refractivity contribution in [2.75, 3.05) is 56.1 Å². The van der Waals surface area contributed by atoms with Gasteiger partial charge in [0, 0.05) is 69.5 Å². The number of fused-ring (bicyclic) bond motifs is 1. The highest BCUT2D eigenvalue weighted by Gasteiger charge is 2.33. The molecular weight excluding hydrogens is 735 g/mol. The second-order valence-electron chi connectivity index (χ2n) is 13.7. The molecule has 3 fully saturated rings. The molecule has 19 heteroatoms. The Bertz CT molecular complexity index is 2130. The van der Waals surface area contributed by atoms with Gasteiger partial charge in [-0.1, -0.05) is 6.07 Å². The molecule has 2 aromatic heterocycles. The summed E-state index contributed by atoms with van der Waals surface area (Å²) in [6, 6.07) is 8.90. The molecule has 2 aromatic carbocycles. The lowest BCUT2D eigenvalue weighted by atomic mass is 9.89. The molecule has 14 nitrogen and oxygen atoms in total. The number of likely N-dealkylation sites (tertiary alicyclic amines) is 1. The molecule has 0 spiro atoms. The Labute approximate surface area is 308 Å². The predicted octanol–water partition coefficient (Wildman–Crippen LogP) is 4.49. The van der Waals surface area contributed by atoms with E-state index in [0.717, 1.165) is 42.9 Å². The van der Waals surface area contributed by atoms with Gasteiger partial charge in [0.1, 0.15) is 6.61 Å². The number of alkyl halides is 3. The molecule has 288 valence electrons. The summed E-state index contributed by atoms with van der Waals surface area (Å²) in [5.74, 6) is -0.276. The molecule has 7 rings (SSSR count). The van der Waals surface area contributed by atoms with Crippen molar-refractivity contribution in [1.82, 2.24) is 34.3 Å². The third-order valence-corrected chi connectivity index (χ3v) is 12.1. The van der Waals surface area contributed by atoms with Crippen molar-refractivity contribution in [3.05, 3.63) is 65.7 Å². The van der Waals surface area contributed by atoms with Gasteiger partial charge in [0.2, 0.25) is 21.9 Å². The van der Waals surface area contributed by atoms with E-state index in [1.54, 1.807) is 4.68 Å². The van der Waals surface area contributed by atoms with E-state index >= 15 is 0 Å². The van der Waals surface area contributed by atoms with Crippen molar-refractivity contribution < 1.29 is 40.3 Å².